The Labute approximate surface area is 112 Å². The second kappa shape index (κ2) is 6.57. The molecule has 0 aliphatic rings. The fraction of sp³-hybridized carbons (Fsp3) is 0.300. The van der Waals surface area contributed by atoms with Crippen molar-refractivity contribution in [3.05, 3.63) is 24.0 Å². The highest BCUT2D eigenvalue weighted by molar-refractivity contribution is 7.89. The number of aliphatic carboxylic acids is 1. The van der Waals surface area contributed by atoms with Crippen molar-refractivity contribution in [3.8, 4) is 5.75 Å². The van der Waals surface area contributed by atoms with Gasteiger partial charge in [0.1, 0.15) is 0 Å². The first-order valence-corrected chi connectivity index (χ1v) is 6.66. The van der Waals surface area contributed by atoms with Crippen molar-refractivity contribution in [2.45, 2.75) is 17.9 Å². The molecular weight excluding hydrogens is 303 g/mol. The van der Waals surface area contributed by atoms with E-state index in [1.807, 2.05) is 4.72 Å². The highest BCUT2D eigenvalue weighted by Crippen LogP contribution is 2.22. The normalized spacial score (nSPS) is 11.6. The summed E-state index contributed by atoms with van der Waals surface area (Å²) in [4.78, 5) is 9.71. The Bertz CT molecular complexity index is 591. The van der Waals surface area contributed by atoms with E-state index in [2.05, 4.69) is 4.74 Å². The average Bonchev–Trinajstić information content (AvgIpc) is 2.30. The van der Waals surface area contributed by atoms with E-state index >= 15 is 0 Å². The molecule has 0 aliphatic carbocycles. The minimum Gasteiger partial charge on any atom is -0.481 e. The Morgan fingerprint density at radius 2 is 2.05 bits per heavy atom. The molecule has 112 valence electrons. The van der Waals surface area contributed by atoms with E-state index in [0.29, 0.717) is 6.07 Å². The number of carboxylic acid groups (broad SMARTS) is 1. The Morgan fingerprint density at radius 3 is 2.55 bits per heavy atom. The molecule has 0 spiro atoms. The molecule has 0 unspecified atom stereocenters. The van der Waals surface area contributed by atoms with E-state index in [4.69, 9.17) is 5.11 Å². The molecule has 1 rings (SSSR count). The minimum atomic E-state index is -4.12. The summed E-state index contributed by atoms with van der Waals surface area (Å²) in [5.74, 6) is -3.27. The van der Waals surface area contributed by atoms with E-state index in [9.17, 15) is 26.4 Å². The predicted molar refractivity (Wildman–Crippen MR) is 60.5 cm³/mol. The zero-order valence-corrected chi connectivity index (χ0v) is 10.7. The largest absolute Gasteiger partial charge is 0.481 e. The van der Waals surface area contributed by atoms with Crippen molar-refractivity contribution in [2.75, 3.05) is 6.54 Å². The number of carbonyl (C=O) groups is 1. The van der Waals surface area contributed by atoms with Gasteiger partial charge in [0.15, 0.2) is 11.6 Å². The van der Waals surface area contributed by atoms with Crippen molar-refractivity contribution >= 4 is 16.0 Å². The van der Waals surface area contributed by atoms with Crippen LogP contribution in [0.4, 0.5) is 13.2 Å². The molecule has 0 radical (unpaired) electrons. The van der Waals surface area contributed by atoms with Crippen LogP contribution in [0, 0.1) is 5.82 Å². The Hall–Kier alpha value is -1.81. The lowest BCUT2D eigenvalue weighted by molar-refractivity contribution is -0.136. The van der Waals surface area contributed by atoms with Crippen LogP contribution in [0.2, 0.25) is 0 Å². The van der Waals surface area contributed by atoms with Crippen LogP contribution < -0.4 is 9.46 Å². The molecule has 0 aliphatic heterocycles. The number of rotatable bonds is 7. The third-order valence-corrected chi connectivity index (χ3v) is 3.52. The standard InChI is InChI=1S/C10H10F3NO5S/c11-7-5-6(1-2-8(7)19-10(12)13)20(17,18)14-4-3-9(15)16/h1-2,5,10,14H,3-4H2,(H,15,16). The van der Waals surface area contributed by atoms with Crippen LogP contribution >= 0.6 is 0 Å². The van der Waals surface area contributed by atoms with Gasteiger partial charge >= 0.3 is 12.6 Å². The van der Waals surface area contributed by atoms with Gasteiger partial charge in [0.05, 0.1) is 11.3 Å². The monoisotopic (exact) mass is 313 g/mol. The summed E-state index contributed by atoms with van der Waals surface area (Å²) in [5, 5.41) is 8.36. The quantitative estimate of drug-likeness (QED) is 0.788. The van der Waals surface area contributed by atoms with Crippen molar-refractivity contribution < 1.29 is 36.2 Å². The molecule has 0 atom stereocenters. The molecule has 1 aromatic carbocycles. The highest BCUT2D eigenvalue weighted by atomic mass is 32.2. The maximum Gasteiger partial charge on any atom is 0.387 e. The SMILES string of the molecule is O=C(O)CCNS(=O)(=O)c1ccc(OC(F)F)c(F)c1. The van der Waals surface area contributed by atoms with Crippen molar-refractivity contribution in [3.63, 3.8) is 0 Å². The van der Waals surface area contributed by atoms with Crippen LogP contribution in [0.15, 0.2) is 23.1 Å². The van der Waals surface area contributed by atoms with Gasteiger partial charge < -0.3 is 9.84 Å². The van der Waals surface area contributed by atoms with Crippen LogP contribution in [0.1, 0.15) is 6.42 Å². The lowest BCUT2D eigenvalue weighted by atomic mass is 10.3. The molecule has 0 saturated heterocycles. The van der Waals surface area contributed by atoms with E-state index < -0.39 is 45.5 Å². The summed E-state index contributed by atoms with van der Waals surface area (Å²) < 4.78 is 66.2. The van der Waals surface area contributed by atoms with Crippen molar-refractivity contribution in [1.82, 2.24) is 4.72 Å². The van der Waals surface area contributed by atoms with Gasteiger partial charge in [0.2, 0.25) is 10.0 Å². The molecule has 20 heavy (non-hydrogen) atoms. The minimum absolute atomic E-state index is 0.380. The number of hydrogen-bond acceptors (Lipinski definition) is 4. The van der Waals surface area contributed by atoms with Gasteiger partial charge in [-0.1, -0.05) is 0 Å². The molecule has 0 heterocycles. The van der Waals surface area contributed by atoms with Gasteiger partial charge in [-0.25, -0.2) is 17.5 Å². The Kier molecular flexibility index (Phi) is 5.34. The zero-order valence-electron chi connectivity index (χ0n) is 9.85. The van der Waals surface area contributed by atoms with Crippen LogP contribution in [0.5, 0.6) is 5.75 Å². The van der Waals surface area contributed by atoms with Crippen molar-refractivity contribution in [2.24, 2.45) is 0 Å². The van der Waals surface area contributed by atoms with E-state index in [1.54, 1.807) is 0 Å². The Morgan fingerprint density at radius 1 is 1.40 bits per heavy atom. The molecular formula is C10H10F3NO5S. The number of nitrogens with one attached hydrogen (secondary N) is 1. The topological polar surface area (TPSA) is 92.7 Å². The predicted octanol–water partition coefficient (Wildman–Crippen LogP) is 1.18. The summed E-state index contributed by atoms with van der Waals surface area (Å²) in [5.41, 5.74) is 0. The molecule has 0 saturated carbocycles. The highest BCUT2D eigenvalue weighted by Gasteiger charge is 2.18. The Balaban J connectivity index is 2.85. The lowest BCUT2D eigenvalue weighted by Gasteiger charge is -2.08. The molecule has 10 heteroatoms. The second-order valence-electron chi connectivity index (χ2n) is 3.51. The number of halogens is 3. The van der Waals surface area contributed by atoms with Gasteiger partial charge in [-0.2, -0.15) is 8.78 Å². The van der Waals surface area contributed by atoms with Crippen LogP contribution in [0.25, 0.3) is 0 Å². The molecule has 1 aromatic rings. The number of carboxylic acids is 1. The number of sulfonamides is 1. The number of hydrogen-bond donors (Lipinski definition) is 2. The number of benzene rings is 1. The summed E-state index contributed by atoms with van der Waals surface area (Å²) in [6.45, 7) is -3.62. The summed E-state index contributed by atoms with van der Waals surface area (Å²) in [7, 11) is -4.12. The number of ether oxygens (including phenoxy) is 1. The maximum atomic E-state index is 13.3. The third kappa shape index (κ3) is 4.70. The lowest BCUT2D eigenvalue weighted by Crippen LogP contribution is -2.26. The second-order valence-corrected chi connectivity index (χ2v) is 5.28. The molecule has 0 amide bonds. The average molecular weight is 313 g/mol. The summed E-state index contributed by atoms with van der Waals surface area (Å²) in [6.07, 6.45) is -0.450. The fourth-order valence-corrected chi connectivity index (χ4v) is 2.26. The van der Waals surface area contributed by atoms with Gasteiger partial charge in [0, 0.05) is 6.54 Å². The number of alkyl halides is 2. The first-order valence-electron chi connectivity index (χ1n) is 5.18. The van der Waals surface area contributed by atoms with Gasteiger partial charge in [0.25, 0.3) is 0 Å². The maximum absolute atomic E-state index is 13.3. The molecule has 0 fully saturated rings. The first-order chi connectivity index (χ1) is 9.22. The molecule has 0 bridgehead atoms. The van der Waals surface area contributed by atoms with Gasteiger partial charge in [-0.3, -0.25) is 4.79 Å². The van der Waals surface area contributed by atoms with Gasteiger partial charge in [-0.05, 0) is 18.2 Å². The summed E-state index contributed by atoms with van der Waals surface area (Å²) >= 11 is 0. The van der Waals surface area contributed by atoms with E-state index in [0.717, 1.165) is 12.1 Å². The van der Waals surface area contributed by atoms with Crippen molar-refractivity contribution in [1.29, 1.82) is 0 Å². The third-order valence-electron chi connectivity index (χ3n) is 2.06. The van der Waals surface area contributed by atoms with Crippen LogP contribution in [-0.4, -0.2) is 32.6 Å². The zero-order chi connectivity index (χ0) is 15.3. The van der Waals surface area contributed by atoms with E-state index in [-0.39, 0.29) is 6.54 Å². The van der Waals surface area contributed by atoms with Crippen LogP contribution in [0.3, 0.4) is 0 Å². The first kappa shape index (κ1) is 16.2. The molecule has 2 N–H and O–H groups in total. The fourth-order valence-electron chi connectivity index (χ4n) is 1.22. The molecule has 6 nitrogen and oxygen atoms in total. The van der Waals surface area contributed by atoms with Gasteiger partial charge in [-0.15, -0.1) is 0 Å². The smallest absolute Gasteiger partial charge is 0.387 e. The molecule has 0 aromatic heterocycles. The summed E-state index contributed by atoms with van der Waals surface area (Å²) in [6, 6.07) is 2.11. The van der Waals surface area contributed by atoms with E-state index in [1.165, 1.54) is 0 Å². The van der Waals surface area contributed by atoms with Crippen LogP contribution in [-0.2, 0) is 14.8 Å².